The van der Waals surface area contributed by atoms with Crippen LogP contribution in [0.2, 0.25) is 0 Å². The number of para-hydroxylation sites is 1. The molecular formula is C24H21N3O2S. The summed E-state index contributed by atoms with van der Waals surface area (Å²) in [7, 11) is 0. The van der Waals surface area contributed by atoms with Crippen LogP contribution < -0.4 is 9.64 Å². The number of thiazole rings is 1. The molecule has 0 aliphatic rings. The molecule has 0 saturated heterocycles. The Hall–Kier alpha value is -3.51. The van der Waals surface area contributed by atoms with Gasteiger partial charge < -0.3 is 4.74 Å². The number of anilines is 1. The third-order valence-corrected chi connectivity index (χ3v) is 5.61. The lowest BCUT2D eigenvalue weighted by Crippen LogP contribution is -2.28. The van der Waals surface area contributed by atoms with Gasteiger partial charge in [-0.05, 0) is 47.9 Å². The van der Waals surface area contributed by atoms with Crippen molar-refractivity contribution in [1.29, 1.82) is 0 Å². The van der Waals surface area contributed by atoms with E-state index >= 15 is 0 Å². The predicted molar refractivity (Wildman–Crippen MR) is 121 cm³/mol. The van der Waals surface area contributed by atoms with Crippen molar-refractivity contribution < 1.29 is 9.53 Å². The first-order valence-electron chi connectivity index (χ1n) is 9.71. The van der Waals surface area contributed by atoms with E-state index < -0.39 is 0 Å². The van der Waals surface area contributed by atoms with E-state index in [4.69, 9.17) is 9.72 Å². The highest BCUT2D eigenvalue weighted by Gasteiger charge is 2.19. The summed E-state index contributed by atoms with van der Waals surface area (Å²) in [5.74, 6) is 0.469. The molecule has 6 heteroatoms. The number of amides is 1. The number of ether oxygens (including phenoxy) is 1. The lowest BCUT2D eigenvalue weighted by Gasteiger charge is -2.18. The zero-order chi connectivity index (χ0) is 20.8. The number of aryl methyl sites for hydroxylation is 1. The van der Waals surface area contributed by atoms with Gasteiger partial charge in [-0.3, -0.25) is 14.7 Å². The Labute approximate surface area is 179 Å². The minimum atomic E-state index is -0.204. The molecular weight excluding hydrogens is 394 g/mol. The summed E-state index contributed by atoms with van der Waals surface area (Å²) < 4.78 is 6.61. The maximum atomic E-state index is 13.0. The van der Waals surface area contributed by atoms with Crippen LogP contribution in [0.5, 0.6) is 5.75 Å². The molecule has 1 amide bonds. The molecule has 0 atom stereocenters. The maximum Gasteiger partial charge on any atom is 0.256 e. The second kappa shape index (κ2) is 9.33. The molecule has 0 bridgehead atoms. The van der Waals surface area contributed by atoms with Gasteiger partial charge in [-0.2, -0.15) is 0 Å². The Morgan fingerprint density at radius 2 is 1.97 bits per heavy atom. The molecule has 0 fully saturated rings. The third kappa shape index (κ3) is 4.72. The van der Waals surface area contributed by atoms with Crippen molar-refractivity contribution in [1.82, 2.24) is 9.97 Å². The summed E-state index contributed by atoms with van der Waals surface area (Å²) in [6, 6.07) is 19.4. The molecule has 0 radical (unpaired) electrons. The van der Waals surface area contributed by atoms with Crippen molar-refractivity contribution in [2.24, 2.45) is 0 Å². The number of hydrogen-bond acceptors (Lipinski definition) is 5. The molecule has 30 heavy (non-hydrogen) atoms. The Balaban J connectivity index is 1.61. The quantitative estimate of drug-likeness (QED) is 0.300. The van der Waals surface area contributed by atoms with Gasteiger partial charge in [0, 0.05) is 18.5 Å². The fourth-order valence-electron chi connectivity index (χ4n) is 2.97. The molecule has 150 valence electrons. The average molecular weight is 416 g/mol. The number of aromatic nitrogens is 2. The molecule has 0 spiro atoms. The fraction of sp³-hybridized carbons (Fsp3) is 0.125. The molecule has 0 saturated carbocycles. The van der Waals surface area contributed by atoms with Gasteiger partial charge in [-0.25, -0.2) is 4.98 Å². The second-order valence-corrected chi connectivity index (χ2v) is 7.68. The minimum Gasteiger partial charge on any atom is -0.465 e. The fourth-order valence-corrected chi connectivity index (χ4v) is 4.00. The SMILES string of the molecule is CCc1ccc2nc(N(Cc3cccnc3)C(=O)C=COc3ccccc3)sc2c1. The molecule has 4 rings (SSSR count). The van der Waals surface area contributed by atoms with Crippen molar-refractivity contribution in [3.63, 3.8) is 0 Å². The summed E-state index contributed by atoms with van der Waals surface area (Å²) in [5.41, 5.74) is 3.07. The molecule has 4 aromatic rings. The van der Waals surface area contributed by atoms with Crippen LogP contribution in [0.1, 0.15) is 18.1 Å². The Bertz CT molecular complexity index is 1160. The van der Waals surface area contributed by atoms with Gasteiger partial charge in [-0.15, -0.1) is 0 Å². The normalized spacial score (nSPS) is 11.1. The highest BCUT2D eigenvalue weighted by molar-refractivity contribution is 7.22. The molecule has 2 heterocycles. The standard InChI is InChI=1S/C24H21N3O2S/c1-2-18-10-11-21-22(15-18)30-24(26-21)27(17-19-7-6-13-25-16-19)23(28)12-14-29-20-8-4-3-5-9-20/h3-16H,2,17H2,1H3. The van der Waals surface area contributed by atoms with Gasteiger partial charge in [0.2, 0.25) is 0 Å². The largest absolute Gasteiger partial charge is 0.465 e. The highest BCUT2D eigenvalue weighted by atomic mass is 32.1. The Morgan fingerprint density at radius 3 is 2.73 bits per heavy atom. The van der Waals surface area contributed by atoms with E-state index in [2.05, 4.69) is 24.0 Å². The van der Waals surface area contributed by atoms with Gasteiger partial charge in [0.25, 0.3) is 5.91 Å². The van der Waals surface area contributed by atoms with Gasteiger partial charge in [0.15, 0.2) is 5.13 Å². The molecule has 0 aliphatic heterocycles. The minimum absolute atomic E-state index is 0.204. The van der Waals surface area contributed by atoms with Crippen LogP contribution in [0.25, 0.3) is 10.2 Å². The molecule has 5 nitrogen and oxygen atoms in total. The van der Waals surface area contributed by atoms with Crippen LogP contribution in [-0.2, 0) is 17.8 Å². The van der Waals surface area contributed by atoms with E-state index in [9.17, 15) is 4.79 Å². The van der Waals surface area contributed by atoms with Crippen molar-refractivity contribution in [2.45, 2.75) is 19.9 Å². The molecule has 2 aromatic heterocycles. The van der Waals surface area contributed by atoms with Crippen LogP contribution in [0.4, 0.5) is 5.13 Å². The third-order valence-electron chi connectivity index (χ3n) is 4.57. The van der Waals surface area contributed by atoms with Gasteiger partial charge in [0.1, 0.15) is 5.75 Å². The number of carbonyl (C=O) groups excluding carboxylic acids is 1. The van der Waals surface area contributed by atoms with Crippen LogP contribution >= 0.6 is 11.3 Å². The number of benzene rings is 2. The number of rotatable bonds is 7. The first-order chi connectivity index (χ1) is 14.7. The Morgan fingerprint density at radius 1 is 1.10 bits per heavy atom. The first-order valence-corrected chi connectivity index (χ1v) is 10.5. The van der Waals surface area contributed by atoms with Crippen LogP contribution in [0.3, 0.4) is 0 Å². The monoisotopic (exact) mass is 415 g/mol. The zero-order valence-corrected chi connectivity index (χ0v) is 17.4. The van der Waals surface area contributed by atoms with Crippen molar-refractivity contribution >= 4 is 32.6 Å². The molecule has 0 N–H and O–H groups in total. The molecule has 2 aromatic carbocycles. The molecule has 0 aliphatic carbocycles. The molecule has 0 unspecified atom stereocenters. The predicted octanol–water partition coefficient (Wildman–Crippen LogP) is 5.38. The summed E-state index contributed by atoms with van der Waals surface area (Å²) in [6.07, 6.45) is 7.27. The van der Waals surface area contributed by atoms with Crippen molar-refractivity contribution in [2.75, 3.05) is 4.90 Å². The number of nitrogens with zero attached hydrogens (tertiary/aromatic N) is 3. The number of carbonyl (C=O) groups is 1. The van der Waals surface area contributed by atoms with Gasteiger partial charge in [0.05, 0.1) is 23.0 Å². The van der Waals surface area contributed by atoms with Gasteiger partial charge >= 0.3 is 0 Å². The van der Waals surface area contributed by atoms with Crippen LogP contribution in [-0.4, -0.2) is 15.9 Å². The van der Waals surface area contributed by atoms with Crippen LogP contribution in [0.15, 0.2) is 85.4 Å². The summed E-state index contributed by atoms with van der Waals surface area (Å²) in [4.78, 5) is 23.6. The lowest BCUT2D eigenvalue weighted by atomic mass is 10.2. The summed E-state index contributed by atoms with van der Waals surface area (Å²) in [5, 5.41) is 0.650. The summed E-state index contributed by atoms with van der Waals surface area (Å²) in [6.45, 7) is 2.50. The second-order valence-electron chi connectivity index (χ2n) is 6.67. The first kappa shape index (κ1) is 19.8. The highest BCUT2D eigenvalue weighted by Crippen LogP contribution is 2.31. The van der Waals surface area contributed by atoms with Gasteiger partial charge in [-0.1, -0.05) is 48.6 Å². The van der Waals surface area contributed by atoms with Crippen molar-refractivity contribution in [3.8, 4) is 5.75 Å². The summed E-state index contributed by atoms with van der Waals surface area (Å²) >= 11 is 1.51. The number of hydrogen-bond donors (Lipinski definition) is 0. The van der Waals surface area contributed by atoms with E-state index in [1.165, 1.54) is 29.2 Å². The number of pyridine rings is 1. The van der Waals surface area contributed by atoms with E-state index in [-0.39, 0.29) is 5.91 Å². The van der Waals surface area contributed by atoms with Crippen molar-refractivity contribution in [3.05, 3.63) is 96.5 Å². The van der Waals surface area contributed by atoms with E-state index in [1.807, 2.05) is 48.5 Å². The number of fused-ring (bicyclic) bond motifs is 1. The maximum absolute atomic E-state index is 13.0. The van der Waals surface area contributed by atoms with E-state index in [0.717, 1.165) is 22.2 Å². The average Bonchev–Trinajstić information content (AvgIpc) is 3.21. The van der Waals surface area contributed by atoms with E-state index in [0.29, 0.717) is 17.4 Å². The smallest absolute Gasteiger partial charge is 0.256 e. The Kier molecular flexibility index (Phi) is 6.15. The van der Waals surface area contributed by atoms with E-state index in [1.54, 1.807) is 17.3 Å². The van der Waals surface area contributed by atoms with Crippen LogP contribution in [0, 0.1) is 0 Å². The zero-order valence-electron chi connectivity index (χ0n) is 16.6. The topological polar surface area (TPSA) is 55.3 Å². The lowest BCUT2D eigenvalue weighted by molar-refractivity contribution is -0.114.